The van der Waals surface area contributed by atoms with Crippen LogP contribution in [0.25, 0.3) is 0 Å². The molecule has 7 nitrogen and oxygen atoms in total. The Balaban J connectivity index is 1.92. The summed E-state index contributed by atoms with van der Waals surface area (Å²) in [6, 6.07) is 3.46. The molecule has 124 valence electrons. The van der Waals surface area contributed by atoms with Gasteiger partial charge >= 0.3 is 5.97 Å². The molecule has 0 atom stereocenters. The van der Waals surface area contributed by atoms with Gasteiger partial charge in [-0.25, -0.2) is 4.79 Å². The fourth-order valence-corrected chi connectivity index (χ4v) is 2.59. The number of hydrogen-bond acceptors (Lipinski definition) is 5. The number of rotatable bonds is 4. The van der Waals surface area contributed by atoms with Gasteiger partial charge in [-0.15, -0.1) is 0 Å². The molecule has 1 heterocycles. The third-order valence-corrected chi connectivity index (χ3v) is 4.16. The summed E-state index contributed by atoms with van der Waals surface area (Å²) in [6.45, 7) is 3.10. The molecular formula is C15H17ClN2O5. The first-order chi connectivity index (χ1) is 10.9. The Hall–Kier alpha value is -2.15. The highest BCUT2D eigenvalue weighted by molar-refractivity contribution is 6.33. The second-order valence-electron chi connectivity index (χ2n) is 5.56. The topological polar surface area (TPSA) is 89.8 Å². The van der Waals surface area contributed by atoms with Gasteiger partial charge in [0.15, 0.2) is 6.61 Å². The zero-order valence-corrected chi connectivity index (χ0v) is 13.4. The molecule has 2 rings (SSSR count). The molecule has 8 heteroatoms. The Bertz CT molecular complexity index is 626. The van der Waals surface area contributed by atoms with Crippen molar-refractivity contribution >= 4 is 29.2 Å². The molecular weight excluding hydrogens is 324 g/mol. The van der Waals surface area contributed by atoms with Crippen LogP contribution < -0.4 is 0 Å². The van der Waals surface area contributed by atoms with Crippen LogP contribution in [0.5, 0.6) is 0 Å². The number of nitro groups is 1. The van der Waals surface area contributed by atoms with E-state index in [1.54, 1.807) is 4.90 Å². The summed E-state index contributed by atoms with van der Waals surface area (Å²) in [6.07, 6.45) is 1.88. The number of nitrogens with zero attached hydrogens (tertiary/aromatic N) is 2. The van der Waals surface area contributed by atoms with E-state index in [2.05, 4.69) is 6.92 Å². The molecule has 0 N–H and O–H groups in total. The SMILES string of the molecule is CC1CCN(C(=O)COC(=O)c2ccc([N+](=O)[O-])cc2Cl)CC1. The largest absolute Gasteiger partial charge is 0.452 e. The van der Waals surface area contributed by atoms with Crippen LogP contribution in [0.1, 0.15) is 30.1 Å². The summed E-state index contributed by atoms with van der Waals surface area (Å²) >= 11 is 5.85. The van der Waals surface area contributed by atoms with Crippen molar-refractivity contribution in [1.82, 2.24) is 4.90 Å². The van der Waals surface area contributed by atoms with Crippen LogP contribution in [-0.4, -0.2) is 41.4 Å². The minimum atomic E-state index is -0.774. The fourth-order valence-electron chi connectivity index (χ4n) is 2.34. The molecule has 0 aliphatic carbocycles. The average Bonchev–Trinajstić information content (AvgIpc) is 2.52. The second-order valence-corrected chi connectivity index (χ2v) is 5.97. The van der Waals surface area contributed by atoms with E-state index in [1.807, 2.05) is 0 Å². The predicted molar refractivity (Wildman–Crippen MR) is 83.4 cm³/mol. The van der Waals surface area contributed by atoms with Gasteiger partial charge in [0, 0.05) is 25.2 Å². The summed E-state index contributed by atoms with van der Waals surface area (Å²) in [4.78, 5) is 35.6. The van der Waals surface area contributed by atoms with Crippen LogP contribution in [0.3, 0.4) is 0 Å². The number of benzene rings is 1. The predicted octanol–water partition coefficient (Wildman–Crippen LogP) is 2.66. The Morgan fingerprint density at radius 3 is 2.61 bits per heavy atom. The second kappa shape index (κ2) is 7.41. The zero-order chi connectivity index (χ0) is 17.0. The van der Waals surface area contributed by atoms with E-state index in [4.69, 9.17) is 16.3 Å². The highest BCUT2D eigenvalue weighted by Gasteiger charge is 2.22. The quantitative estimate of drug-likeness (QED) is 0.477. The molecule has 23 heavy (non-hydrogen) atoms. The number of esters is 1. The van der Waals surface area contributed by atoms with Gasteiger partial charge in [0.1, 0.15) is 0 Å². The molecule has 0 aromatic heterocycles. The Morgan fingerprint density at radius 1 is 1.39 bits per heavy atom. The van der Waals surface area contributed by atoms with E-state index in [9.17, 15) is 19.7 Å². The van der Waals surface area contributed by atoms with Crippen molar-refractivity contribution in [2.45, 2.75) is 19.8 Å². The molecule has 0 radical (unpaired) electrons. The van der Waals surface area contributed by atoms with Gasteiger partial charge in [-0.05, 0) is 24.8 Å². The fraction of sp³-hybridized carbons (Fsp3) is 0.467. The van der Waals surface area contributed by atoms with Crippen LogP contribution in [-0.2, 0) is 9.53 Å². The maximum absolute atomic E-state index is 12.0. The number of ether oxygens (including phenoxy) is 1. The highest BCUT2D eigenvalue weighted by atomic mass is 35.5. The van der Waals surface area contributed by atoms with Crippen molar-refractivity contribution in [3.05, 3.63) is 38.9 Å². The van der Waals surface area contributed by atoms with Crippen molar-refractivity contribution in [3.63, 3.8) is 0 Å². The zero-order valence-electron chi connectivity index (χ0n) is 12.7. The van der Waals surface area contributed by atoms with Crippen molar-refractivity contribution < 1.29 is 19.2 Å². The summed E-state index contributed by atoms with van der Waals surface area (Å²) in [5.74, 6) is -0.424. The molecule has 0 saturated carbocycles. The molecule has 1 aromatic carbocycles. The molecule has 1 fully saturated rings. The molecule has 0 bridgehead atoms. The minimum Gasteiger partial charge on any atom is -0.452 e. The molecule has 1 amide bonds. The monoisotopic (exact) mass is 340 g/mol. The molecule has 1 aliphatic heterocycles. The lowest BCUT2D eigenvalue weighted by Gasteiger charge is -2.30. The molecule has 1 aliphatic rings. The molecule has 1 saturated heterocycles. The van der Waals surface area contributed by atoms with Crippen LogP contribution in [0.4, 0.5) is 5.69 Å². The number of amides is 1. The summed E-state index contributed by atoms with van der Waals surface area (Å²) < 4.78 is 4.97. The molecule has 0 spiro atoms. The van der Waals surface area contributed by atoms with Gasteiger partial charge < -0.3 is 9.64 Å². The van der Waals surface area contributed by atoms with Gasteiger partial charge in [0.2, 0.25) is 0 Å². The Kier molecular flexibility index (Phi) is 5.54. The number of carbonyl (C=O) groups excluding carboxylic acids is 2. The lowest BCUT2D eigenvalue weighted by Crippen LogP contribution is -2.40. The van der Waals surface area contributed by atoms with Crippen molar-refractivity contribution in [3.8, 4) is 0 Å². The first-order valence-corrected chi connectivity index (χ1v) is 7.65. The third kappa shape index (κ3) is 4.41. The van der Waals surface area contributed by atoms with Crippen molar-refractivity contribution in [2.75, 3.05) is 19.7 Å². The first kappa shape index (κ1) is 17.2. The van der Waals surface area contributed by atoms with Gasteiger partial charge in [0.25, 0.3) is 11.6 Å². The van der Waals surface area contributed by atoms with Gasteiger partial charge in [-0.1, -0.05) is 18.5 Å². The smallest absolute Gasteiger partial charge is 0.340 e. The number of carbonyl (C=O) groups is 2. The van der Waals surface area contributed by atoms with Gasteiger partial charge in [0.05, 0.1) is 15.5 Å². The normalized spacial score (nSPS) is 15.3. The molecule has 0 unspecified atom stereocenters. The lowest BCUT2D eigenvalue weighted by atomic mass is 9.99. The summed E-state index contributed by atoms with van der Waals surface area (Å²) in [5.41, 5.74) is -0.220. The van der Waals surface area contributed by atoms with Crippen LogP contribution >= 0.6 is 11.6 Å². The standard InChI is InChI=1S/C15H17ClN2O5/c1-10-4-6-17(7-5-10)14(19)9-23-15(20)12-3-2-11(18(21)22)8-13(12)16/h2-3,8,10H,4-7,9H2,1H3. The van der Waals surface area contributed by atoms with E-state index < -0.39 is 10.9 Å². The highest BCUT2D eigenvalue weighted by Crippen LogP contribution is 2.23. The van der Waals surface area contributed by atoms with E-state index >= 15 is 0 Å². The van der Waals surface area contributed by atoms with Crippen LogP contribution in [0.2, 0.25) is 5.02 Å². The lowest BCUT2D eigenvalue weighted by molar-refractivity contribution is -0.384. The minimum absolute atomic E-state index is 0.00247. The molecule has 1 aromatic rings. The van der Waals surface area contributed by atoms with Crippen molar-refractivity contribution in [2.24, 2.45) is 5.92 Å². The summed E-state index contributed by atoms with van der Waals surface area (Å²) in [5, 5.41) is 10.5. The first-order valence-electron chi connectivity index (χ1n) is 7.27. The Labute approximate surface area is 138 Å². The number of nitro benzene ring substituents is 1. The third-order valence-electron chi connectivity index (χ3n) is 3.85. The van der Waals surface area contributed by atoms with Crippen LogP contribution in [0.15, 0.2) is 18.2 Å². The average molecular weight is 341 g/mol. The van der Waals surface area contributed by atoms with E-state index in [-0.39, 0.29) is 28.8 Å². The number of halogens is 1. The number of likely N-dealkylation sites (tertiary alicyclic amines) is 1. The Morgan fingerprint density at radius 2 is 2.04 bits per heavy atom. The summed E-state index contributed by atoms with van der Waals surface area (Å²) in [7, 11) is 0. The number of hydrogen-bond donors (Lipinski definition) is 0. The van der Waals surface area contributed by atoms with Crippen molar-refractivity contribution in [1.29, 1.82) is 0 Å². The van der Waals surface area contributed by atoms with Gasteiger partial charge in [-0.3, -0.25) is 14.9 Å². The van der Waals surface area contributed by atoms with E-state index in [0.29, 0.717) is 19.0 Å². The maximum Gasteiger partial charge on any atom is 0.340 e. The number of non-ortho nitro benzene ring substituents is 1. The van der Waals surface area contributed by atoms with Gasteiger partial charge in [-0.2, -0.15) is 0 Å². The maximum atomic E-state index is 12.0. The number of piperidine rings is 1. The van der Waals surface area contributed by atoms with E-state index in [1.165, 1.54) is 6.07 Å². The van der Waals surface area contributed by atoms with Crippen LogP contribution in [0, 0.1) is 16.0 Å². The van der Waals surface area contributed by atoms with E-state index in [0.717, 1.165) is 25.0 Å².